The highest BCUT2D eigenvalue weighted by Gasteiger charge is 2.11. The highest BCUT2D eigenvalue weighted by atomic mass is 14.9. The number of aromatic amines is 1. The Bertz CT molecular complexity index is 769. The van der Waals surface area contributed by atoms with E-state index in [-0.39, 0.29) is 0 Å². The van der Waals surface area contributed by atoms with E-state index in [2.05, 4.69) is 31.8 Å². The first-order chi connectivity index (χ1) is 9.06. The summed E-state index contributed by atoms with van der Waals surface area (Å²) in [7, 11) is 0. The van der Waals surface area contributed by atoms with Crippen molar-refractivity contribution in [3.05, 3.63) is 47.0 Å². The van der Waals surface area contributed by atoms with Crippen molar-refractivity contribution in [2.24, 2.45) is 0 Å². The van der Waals surface area contributed by atoms with Crippen LogP contribution in [0.25, 0.3) is 22.4 Å². The van der Waals surface area contributed by atoms with E-state index in [1.54, 1.807) is 0 Å². The van der Waals surface area contributed by atoms with Crippen molar-refractivity contribution in [1.82, 2.24) is 9.97 Å². The molecule has 3 heteroatoms. The molecule has 96 valence electrons. The fourth-order valence-electron chi connectivity index (χ4n) is 2.44. The third-order valence-electron chi connectivity index (χ3n) is 3.66. The largest absolute Gasteiger partial charge is 0.399 e. The molecule has 19 heavy (non-hydrogen) atoms. The maximum absolute atomic E-state index is 5.95. The quantitative estimate of drug-likeness (QED) is 0.647. The first-order valence-electron chi connectivity index (χ1n) is 6.38. The smallest absolute Gasteiger partial charge is 0.138 e. The molecule has 2 aromatic carbocycles. The normalized spacial score (nSPS) is 11.1. The zero-order chi connectivity index (χ0) is 13.6. The number of anilines is 1. The van der Waals surface area contributed by atoms with E-state index < -0.39 is 0 Å². The number of nitrogens with two attached hydrogens (primary N) is 1. The van der Waals surface area contributed by atoms with Crippen LogP contribution in [0.15, 0.2) is 30.3 Å². The van der Waals surface area contributed by atoms with Crippen molar-refractivity contribution in [3.63, 3.8) is 0 Å². The van der Waals surface area contributed by atoms with E-state index in [9.17, 15) is 0 Å². The van der Waals surface area contributed by atoms with Gasteiger partial charge in [-0.15, -0.1) is 0 Å². The molecular formula is C16H17N3. The molecule has 0 saturated carbocycles. The second-order valence-corrected chi connectivity index (χ2v) is 5.07. The van der Waals surface area contributed by atoms with Gasteiger partial charge in [-0.1, -0.05) is 12.1 Å². The second-order valence-electron chi connectivity index (χ2n) is 5.07. The SMILES string of the molecule is Cc1cc(N)cc(-c2nc3c(C)cccc3[nH]2)c1C. The van der Waals surface area contributed by atoms with E-state index >= 15 is 0 Å². The molecule has 0 fully saturated rings. The highest BCUT2D eigenvalue weighted by Crippen LogP contribution is 2.28. The summed E-state index contributed by atoms with van der Waals surface area (Å²) < 4.78 is 0. The molecule has 1 heterocycles. The number of hydrogen-bond donors (Lipinski definition) is 2. The van der Waals surface area contributed by atoms with Crippen LogP contribution >= 0.6 is 0 Å². The summed E-state index contributed by atoms with van der Waals surface area (Å²) in [6.45, 7) is 6.25. The van der Waals surface area contributed by atoms with Crippen molar-refractivity contribution in [1.29, 1.82) is 0 Å². The van der Waals surface area contributed by atoms with Gasteiger partial charge in [0, 0.05) is 11.3 Å². The Hall–Kier alpha value is -2.29. The van der Waals surface area contributed by atoms with Gasteiger partial charge in [-0.05, 0) is 55.7 Å². The summed E-state index contributed by atoms with van der Waals surface area (Å²) in [4.78, 5) is 8.10. The monoisotopic (exact) mass is 251 g/mol. The van der Waals surface area contributed by atoms with Crippen LogP contribution in [0, 0.1) is 20.8 Å². The molecule has 0 spiro atoms. The number of aryl methyl sites for hydroxylation is 2. The van der Waals surface area contributed by atoms with Gasteiger partial charge >= 0.3 is 0 Å². The first kappa shape index (κ1) is 11.8. The van der Waals surface area contributed by atoms with Crippen LogP contribution in [0.3, 0.4) is 0 Å². The van der Waals surface area contributed by atoms with Crippen LogP contribution in [0.1, 0.15) is 16.7 Å². The fourth-order valence-corrected chi connectivity index (χ4v) is 2.44. The lowest BCUT2D eigenvalue weighted by Gasteiger charge is -2.07. The van der Waals surface area contributed by atoms with Crippen molar-refractivity contribution in [2.45, 2.75) is 20.8 Å². The van der Waals surface area contributed by atoms with Gasteiger partial charge in [0.15, 0.2) is 0 Å². The summed E-state index contributed by atoms with van der Waals surface area (Å²) in [5.41, 5.74) is 13.5. The average molecular weight is 251 g/mol. The lowest BCUT2D eigenvalue weighted by molar-refractivity contribution is 1.27. The lowest BCUT2D eigenvalue weighted by atomic mass is 10.0. The summed E-state index contributed by atoms with van der Waals surface area (Å²) in [5, 5.41) is 0. The average Bonchev–Trinajstić information content (AvgIpc) is 2.79. The molecule has 3 aromatic rings. The molecule has 0 aliphatic heterocycles. The predicted molar refractivity (Wildman–Crippen MR) is 80.2 cm³/mol. The number of H-pyrrole nitrogens is 1. The number of nitrogen functional groups attached to an aromatic ring is 1. The zero-order valence-electron chi connectivity index (χ0n) is 11.4. The topological polar surface area (TPSA) is 54.7 Å². The zero-order valence-corrected chi connectivity index (χ0v) is 11.4. The third-order valence-corrected chi connectivity index (χ3v) is 3.66. The van der Waals surface area contributed by atoms with Gasteiger partial charge in [0.25, 0.3) is 0 Å². The minimum Gasteiger partial charge on any atom is -0.399 e. The van der Waals surface area contributed by atoms with E-state index in [0.29, 0.717) is 0 Å². The number of imidazole rings is 1. The molecule has 0 amide bonds. The standard InChI is InChI=1S/C16H17N3/c1-9-5-4-6-14-15(9)19-16(18-14)13-8-12(17)7-10(2)11(13)3/h4-8H,17H2,1-3H3,(H,18,19). The van der Waals surface area contributed by atoms with Gasteiger partial charge in [0.2, 0.25) is 0 Å². The molecule has 0 aliphatic carbocycles. The molecule has 0 bridgehead atoms. The lowest BCUT2D eigenvalue weighted by Crippen LogP contribution is -1.93. The molecule has 0 unspecified atom stereocenters. The van der Waals surface area contributed by atoms with Crippen molar-refractivity contribution in [2.75, 3.05) is 5.73 Å². The van der Waals surface area contributed by atoms with E-state index in [1.165, 1.54) is 16.7 Å². The molecule has 3 rings (SSSR count). The molecular weight excluding hydrogens is 234 g/mol. The summed E-state index contributed by atoms with van der Waals surface area (Å²) in [6.07, 6.45) is 0. The van der Waals surface area contributed by atoms with Gasteiger partial charge in [0.1, 0.15) is 5.82 Å². The molecule has 0 atom stereocenters. The summed E-state index contributed by atoms with van der Waals surface area (Å²) in [5.74, 6) is 0.886. The van der Waals surface area contributed by atoms with Gasteiger partial charge in [0.05, 0.1) is 11.0 Å². The van der Waals surface area contributed by atoms with Crippen LogP contribution in [0.2, 0.25) is 0 Å². The minimum absolute atomic E-state index is 0.773. The van der Waals surface area contributed by atoms with Crippen LogP contribution < -0.4 is 5.73 Å². The Morgan fingerprint density at radius 3 is 2.58 bits per heavy atom. The Kier molecular flexibility index (Phi) is 2.56. The van der Waals surface area contributed by atoms with Crippen LogP contribution in [-0.2, 0) is 0 Å². The number of fused-ring (bicyclic) bond motifs is 1. The Morgan fingerprint density at radius 1 is 1.05 bits per heavy atom. The highest BCUT2D eigenvalue weighted by molar-refractivity contribution is 5.83. The number of hydrogen-bond acceptors (Lipinski definition) is 2. The molecule has 0 saturated heterocycles. The first-order valence-corrected chi connectivity index (χ1v) is 6.38. The second kappa shape index (κ2) is 4.12. The summed E-state index contributed by atoms with van der Waals surface area (Å²) in [6, 6.07) is 10.1. The van der Waals surface area contributed by atoms with Gasteiger partial charge in [-0.25, -0.2) is 4.98 Å². The van der Waals surface area contributed by atoms with Crippen molar-refractivity contribution < 1.29 is 0 Å². The number of para-hydroxylation sites is 1. The Balaban J connectivity index is 2.28. The van der Waals surface area contributed by atoms with Crippen LogP contribution in [0.5, 0.6) is 0 Å². The van der Waals surface area contributed by atoms with E-state index in [0.717, 1.165) is 28.1 Å². The molecule has 3 N–H and O–H groups in total. The van der Waals surface area contributed by atoms with Crippen LogP contribution in [0.4, 0.5) is 5.69 Å². The summed E-state index contributed by atoms with van der Waals surface area (Å²) >= 11 is 0. The Labute approximate surface area is 112 Å². The number of benzene rings is 2. The number of aromatic nitrogens is 2. The van der Waals surface area contributed by atoms with Crippen LogP contribution in [-0.4, -0.2) is 9.97 Å². The third kappa shape index (κ3) is 1.87. The number of rotatable bonds is 1. The van der Waals surface area contributed by atoms with Gasteiger partial charge < -0.3 is 10.7 Å². The molecule has 0 aliphatic rings. The van der Waals surface area contributed by atoms with Crippen molar-refractivity contribution in [3.8, 4) is 11.4 Å². The van der Waals surface area contributed by atoms with Crippen molar-refractivity contribution >= 4 is 16.7 Å². The minimum atomic E-state index is 0.773. The van der Waals surface area contributed by atoms with E-state index in [1.807, 2.05) is 24.3 Å². The predicted octanol–water partition coefficient (Wildman–Crippen LogP) is 3.74. The fraction of sp³-hybridized carbons (Fsp3) is 0.188. The maximum Gasteiger partial charge on any atom is 0.138 e. The molecule has 3 nitrogen and oxygen atoms in total. The molecule has 0 radical (unpaired) electrons. The van der Waals surface area contributed by atoms with Gasteiger partial charge in [-0.2, -0.15) is 0 Å². The van der Waals surface area contributed by atoms with Gasteiger partial charge in [-0.3, -0.25) is 0 Å². The Morgan fingerprint density at radius 2 is 1.84 bits per heavy atom. The van der Waals surface area contributed by atoms with E-state index in [4.69, 9.17) is 10.7 Å². The number of nitrogens with zero attached hydrogens (tertiary/aromatic N) is 1. The molecule has 1 aromatic heterocycles. The maximum atomic E-state index is 5.95. The number of nitrogens with one attached hydrogen (secondary N) is 1.